The quantitative estimate of drug-likeness (QED) is 0.614. The molecule has 0 aliphatic rings. The van der Waals surface area contributed by atoms with Crippen molar-refractivity contribution in [3.63, 3.8) is 0 Å². The van der Waals surface area contributed by atoms with Crippen molar-refractivity contribution < 1.29 is 27.5 Å². The van der Waals surface area contributed by atoms with Crippen LogP contribution in [-0.2, 0) is 0 Å². The fraction of sp³-hybridized carbons (Fsp3) is 0.111. The maximum atomic E-state index is 12.0. The molecule has 0 aliphatic carbocycles. The number of halogens is 4. The fourth-order valence-corrected chi connectivity index (χ4v) is 1.27. The number of rotatable bonds is 3. The number of aldehydes is 1. The monoisotopic (exact) mass is 252 g/mol. The lowest BCUT2D eigenvalue weighted by Gasteiger charge is -2.12. The van der Waals surface area contributed by atoms with E-state index in [-0.39, 0.29) is 11.8 Å². The molecular formula is C9H4ClF3O3. The zero-order valence-electron chi connectivity index (χ0n) is 7.55. The first kappa shape index (κ1) is 12.5. The van der Waals surface area contributed by atoms with Gasteiger partial charge in [-0.25, -0.2) is 0 Å². The van der Waals surface area contributed by atoms with Crippen LogP contribution in [0.15, 0.2) is 18.2 Å². The number of ether oxygens (including phenoxy) is 1. The highest BCUT2D eigenvalue weighted by Gasteiger charge is 2.33. The first-order valence-corrected chi connectivity index (χ1v) is 4.26. The number of alkyl halides is 3. The summed E-state index contributed by atoms with van der Waals surface area (Å²) < 4.78 is 39.4. The number of hydrogen-bond donors (Lipinski definition) is 0. The van der Waals surface area contributed by atoms with E-state index in [0.29, 0.717) is 0 Å². The van der Waals surface area contributed by atoms with Gasteiger partial charge in [0.1, 0.15) is 5.75 Å². The molecule has 3 nitrogen and oxygen atoms in total. The van der Waals surface area contributed by atoms with Gasteiger partial charge in [-0.1, -0.05) is 12.1 Å². The standard InChI is InChI=1S/C9H4ClF3O3/c10-8(15)7-5(4-14)2-1-3-6(7)16-9(11,12)13/h1-4H. The SMILES string of the molecule is O=Cc1cccc(OC(F)(F)F)c1C(=O)Cl. The normalized spacial score (nSPS) is 11.0. The zero-order valence-corrected chi connectivity index (χ0v) is 8.30. The average molecular weight is 253 g/mol. The van der Waals surface area contributed by atoms with Crippen LogP contribution >= 0.6 is 11.6 Å². The minimum absolute atomic E-state index is 0.221. The summed E-state index contributed by atoms with van der Waals surface area (Å²) in [5.41, 5.74) is -0.863. The molecule has 0 fully saturated rings. The summed E-state index contributed by atoms with van der Waals surface area (Å²) in [7, 11) is 0. The van der Waals surface area contributed by atoms with Crippen molar-refractivity contribution >= 4 is 23.1 Å². The topological polar surface area (TPSA) is 43.4 Å². The largest absolute Gasteiger partial charge is 0.573 e. The minimum Gasteiger partial charge on any atom is -0.405 e. The zero-order chi connectivity index (χ0) is 12.3. The van der Waals surface area contributed by atoms with Crippen molar-refractivity contribution in [2.24, 2.45) is 0 Å². The second-order valence-electron chi connectivity index (χ2n) is 2.66. The van der Waals surface area contributed by atoms with Crippen LogP contribution in [0.5, 0.6) is 5.75 Å². The molecule has 0 N–H and O–H groups in total. The minimum atomic E-state index is -4.96. The second-order valence-corrected chi connectivity index (χ2v) is 3.00. The van der Waals surface area contributed by atoms with E-state index in [9.17, 15) is 22.8 Å². The maximum Gasteiger partial charge on any atom is 0.573 e. The van der Waals surface area contributed by atoms with Crippen LogP contribution in [0.3, 0.4) is 0 Å². The number of hydrogen-bond acceptors (Lipinski definition) is 3. The average Bonchev–Trinajstić information content (AvgIpc) is 2.14. The lowest BCUT2D eigenvalue weighted by molar-refractivity contribution is -0.274. The first-order chi connectivity index (χ1) is 7.35. The molecule has 0 bridgehead atoms. The molecule has 0 aromatic heterocycles. The summed E-state index contributed by atoms with van der Waals surface area (Å²) in [6, 6.07) is 3.20. The highest BCUT2D eigenvalue weighted by Crippen LogP contribution is 2.29. The summed E-state index contributed by atoms with van der Waals surface area (Å²) in [6.07, 6.45) is -4.73. The summed E-state index contributed by atoms with van der Waals surface area (Å²) >= 11 is 5.08. The molecule has 0 atom stereocenters. The van der Waals surface area contributed by atoms with E-state index < -0.39 is 22.9 Å². The molecule has 0 aliphatic heterocycles. The van der Waals surface area contributed by atoms with E-state index in [1.54, 1.807) is 0 Å². The van der Waals surface area contributed by atoms with Gasteiger partial charge in [0.15, 0.2) is 6.29 Å². The third-order valence-corrected chi connectivity index (χ3v) is 1.80. The summed E-state index contributed by atoms with van der Waals surface area (Å²) in [5.74, 6) is -0.794. The van der Waals surface area contributed by atoms with Crippen LogP contribution in [-0.4, -0.2) is 17.9 Å². The van der Waals surface area contributed by atoms with Crippen LogP contribution in [0.2, 0.25) is 0 Å². The Balaban J connectivity index is 3.28. The van der Waals surface area contributed by atoms with E-state index in [2.05, 4.69) is 4.74 Å². The van der Waals surface area contributed by atoms with Crippen LogP contribution in [0.1, 0.15) is 20.7 Å². The van der Waals surface area contributed by atoms with Gasteiger partial charge in [0.25, 0.3) is 5.24 Å². The Morgan fingerprint density at radius 1 is 1.38 bits per heavy atom. The molecule has 0 unspecified atom stereocenters. The Kier molecular flexibility index (Phi) is 3.54. The van der Waals surface area contributed by atoms with Crippen LogP contribution in [0, 0.1) is 0 Å². The van der Waals surface area contributed by atoms with Gasteiger partial charge in [0.2, 0.25) is 0 Å². The number of carbonyl (C=O) groups excluding carboxylic acids is 2. The Labute approximate surface area is 92.8 Å². The Morgan fingerprint density at radius 2 is 2.00 bits per heavy atom. The molecule has 0 heterocycles. The van der Waals surface area contributed by atoms with E-state index in [0.717, 1.165) is 18.2 Å². The summed E-state index contributed by atoms with van der Waals surface area (Å²) in [6.45, 7) is 0. The molecule has 7 heteroatoms. The van der Waals surface area contributed by atoms with Crippen molar-refractivity contribution in [2.45, 2.75) is 6.36 Å². The van der Waals surface area contributed by atoms with Crippen molar-refractivity contribution in [1.82, 2.24) is 0 Å². The van der Waals surface area contributed by atoms with Gasteiger partial charge in [0.05, 0.1) is 5.56 Å². The predicted molar refractivity (Wildman–Crippen MR) is 48.7 cm³/mol. The van der Waals surface area contributed by atoms with Gasteiger partial charge >= 0.3 is 6.36 Å². The summed E-state index contributed by atoms with van der Waals surface area (Å²) in [5, 5.41) is -1.19. The first-order valence-electron chi connectivity index (χ1n) is 3.89. The lowest BCUT2D eigenvalue weighted by atomic mass is 10.1. The molecule has 0 saturated carbocycles. The van der Waals surface area contributed by atoms with Gasteiger partial charge < -0.3 is 4.74 Å². The number of carbonyl (C=O) groups is 2. The lowest BCUT2D eigenvalue weighted by Crippen LogP contribution is -2.19. The molecule has 0 spiro atoms. The molecular weight excluding hydrogens is 249 g/mol. The Bertz CT molecular complexity index is 428. The van der Waals surface area contributed by atoms with Crippen LogP contribution < -0.4 is 4.74 Å². The van der Waals surface area contributed by atoms with Crippen LogP contribution in [0.4, 0.5) is 13.2 Å². The molecule has 0 saturated heterocycles. The van der Waals surface area contributed by atoms with Gasteiger partial charge in [-0.2, -0.15) is 0 Å². The van der Waals surface area contributed by atoms with E-state index in [1.165, 1.54) is 0 Å². The van der Waals surface area contributed by atoms with Crippen LogP contribution in [0.25, 0.3) is 0 Å². The molecule has 0 amide bonds. The van der Waals surface area contributed by atoms with Crippen molar-refractivity contribution in [1.29, 1.82) is 0 Å². The van der Waals surface area contributed by atoms with Gasteiger partial charge in [-0.3, -0.25) is 9.59 Å². The smallest absolute Gasteiger partial charge is 0.405 e. The number of benzene rings is 1. The van der Waals surface area contributed by atoms with Gasteiger partial charge in [-0.15, -0.1) is 13.2 Å². The maximum absolute atomic E-state index is 12.0. The van der Waals surface area contributed by atoms with E-state index in [4.69, 9.17) is 11.6 Å². The third kappa shape index (κ3) is 2.96. The predicted octanol–water partition coefficient (Wildman–Crippen LogP) is 2.78. The second kappa shape index (κ2) is 4.52. The Morgan fingerprint density at radius 3 is 2.44 bits per heavy atom. The fourth-order valence-electron chi connectivity index (χ4n) is 1.07. The highest BCUT2D eigenvalue weighted by molar-refractivity contribution is 6.68. The molecule has 0 radical (unpaired) electrons. The van der Waals surface area contributed by atoms with Gasteiger partial charge in [-0.05, 0) is 17.7 Å². The van der Waals surface area contributed by atoms with Crippen molar-refractivity contribution in [3.8, 4) is 5.75 Å². The van der Waals surface area contributed by atoms with E-state index >= 15 is 0 Å². The third-order valence-electron chi connectivity index (χ3n) is 1.61. The van der Waals surface area contributed by atoms with Gasteiger partial charge in [0, 0.05) is 5.56 Å². The van der Waals surface area contributed by atoms with E-state index in [1.807, 2.05) is 0 Å². The summed E-state index contributed by atoms with van der Waals surface area (Å²) in [4.78, 5) is 21.4. The van der Waals surface area contributed by atoms with Crippen molar-refractivity contribution in [3.05, 3.63) is 29.3 Å². The molecule has 1 rings (SSSR count). The molecule has 1 aromatic carbocycles. The Hall–Kier alpha value is -1.56. The highest BCUT2D eigenvalue weighted by atomic mass is 35.5. The van der Waals surface area contributed by atoms with Crippen molar-refractivity contribution in [2.75, 3.05) is 0 Å². The molecule has 86 valence electrons. The molecule has 1 aromatic rings. The molecule has 16 heavy (non-hydrogen) atoms.